The summed E-state index contributed by atoms with van der Waals surface area (Å²) in [7, 11) is 0. The van der Waals surface area contributed by atoms with Gasteiger partial charge in [-0.05, 0) is 24.7 Å². The number of rotatable bonds is 4. The third-order valence-electron chi connectivity index (χ3n) is 5.17. The molecule has 1 fully saturated rings. The lowest BCUT2D eigenvalue weighted by molar-refractivity contribution is -0.0168. The van der Waals surface area contributed by atoms with E-state index in [4.69, 9.17) is 16.3 Å². The van der Waals surface area contributed by atoms with E-state index in [2.05, 4.69) is 28.9 Å². The highest BCUT2D eigenvalue weighted by molar-refractivity contribution is 6.31. The van der Waals surface area contributed by atoms with Crippen molar-refractivity contribution < 1.29 is 4.74 Å². The van der Waals surface area contributed by atoms with Gasteiger partial charge in [-0.2, -0.15) is 9.50 Å². The summed E-state index contributed by atoms with van der Waals surface area (Å²) in [6.07, 6.45) is 4.58. The third kappa shape index (κ3) is 3.77. The van der Waals surface area contributed by atoms with E-state index in [0.29, 0.717) is 17.3 Å². The van der Waals surface area contributed by atoms with E-state index < -0.39 is 0 Å². The summed E-state index contributed by atoms with van der Waals surface area (Å²) >= 11 is 6.28. The quantitative estimate of drug-likeness (QED) is 0.728. The highest BCUT2D eigenvalue weighted by Crippen LogP contribution is 2.36. The van der Waals surface area contributed by atoms with Crippen molar-refractivity contribution >= 4 is 17.4 Å². The summed E-state index contributed by atoms with van der Waals surface area (Å²) in [6, 6.07) is 9.58. The molecule has 1 N–H and O–H groups in total. The van der Waals surface area contributed by atoms with Gasteiger partial charge in [-0.15, -0.1) is 0 Å². The van der Waals surface area contributed by atoms with Crippen molar-refractivity contribution in [3.8, 4) is 11.4 Å². The van der Waals surface area contributed by atoms with Crippen molar-refractivity contribution in [3.63, 3.8) is 0 Å². The number of H-pyrrole nitrogens is 1. The highest BCUT2D eigenvalue weighted by Gasteiger charge is 2.28. The van der Waals surface area contributed by atoms with Crippen molar-refractivity contribution in [1.29, 1.82) is 0 Å². The van der Waals surface area contributed by atoms with Gasteiger partial charge in [0.1, 0.15) is 5.02 Å². The molecule has 3 aromatic rings. The predicted octanol–water partition coefficient (Wildman–Crippen LogP) is 4.22. The molecule has 0 aliphatic heterocycles. The maximum Gasteiger partial charge on any atom is 0.293 e. The zero-order valence-electron chi connectivity index (χ0n) is 15.5. The zero-order valence-corrected chi connectivity index (χ0v) is 16.3. The van der Waals surface area contributed by atoms with Crippen LogP contribution in [0.4, 0.5) is 0 Å². The van der Waals surface area contributed by atoms with Crippen LogP contribution in [0.1, 0.15) is 45.2 Å². The molecule has 2 heterocycles. The Morgan fingerprint density at radius 2 is 2.07 bits per heavy atom. The molecule has 1 aliphatic carbocycles. The van der Waals surface area contributed by atoms with Gasteiger partial charge in [0, 0.05) is 5.56 Å². The van der Waals surface area contributed by atoms with Crippen molar-refractivity contribution in [1.82, 2.24) is 19.6 Å². The fourth-order valence-corrected chi connectivity index (χ4v) is 3.91. The molecule has 7 heteroatoms. The molecule has 0 radical (unpaired) electrons. The smallest absolute Gasteiger partial charge is 0.293 e. The first-order valence-corrected chi connectivity index (χ1v) is 9.65. The summed E-state index contributed by atoms with van der Waals surface area (Å²) in [6.45, 7) is 4.75. The summed E-state index contributed by atoms with van der Waals surface area (Å²) in [5.41, 5.74) is 1.24. The van der Waals surface area contributed by atoms with E-state index in [0.717, 1.165) is 24.8 Å². The molecule has 1 saturated carbocycles. The number of hydrogen-bond donors (Lipinski definition) is 1. The van der Waals surface area contributed by atoms with Crippen LogP contribution in [0.2, 0.25) is 5.02 Å². The SMILES string of the molecule is CC1(C)CCCC(OCc2nc3nc(-c4ccccc4)[nH]n3c(=O)c2Cl)C1. The van der Waals surface area contributed by atoms with Gasteiger partial charge >= 0.3 is 0 Å². The molecular weight excluding hydrogens is 364 g/mol. The molecule has 1 atom stereocenters. The molecule has 6 nitrogen and oxygen atoms in total. The van der Waals surface area contributed by atoms with Gasteiger partial charge < -0.3 is 4.74 Å². The molecule has 1 aromatic carbocycles. The van der Waals surface area contributed by atoms with Crippen LogP contribution in [0.3, 0.4) is 0 Å². The average molecular weight is 387 g/mol. The molecule has 1 aliphatic rings. The first kappa shape index (κ1) is 18.2. The Hall–Kier alpha value is -2.18. The minimum atomic E-state index is -0.362. The van der Waals surface area contributed by atoms with Crippen molar-refractivity contribution in [2.24, 2.45) is 5.41 Å². The fraction of sp³-hybridized carbons (Fsp3) is 0.450. The lowest BCUT2D eigenvalue weighted by Gasteiger charge is -2.35. The topological polar surface area (TPSA) is 72.3 Å². The molecule has 0 saturated heterocycles. The summed E-state index contributed by atoms with van der Waals surface area (Å²) in [5.74, 6) is 0.870. The largest absolute Gasteiger partial charge is 0.372 e. The van der Waals surface area contributed by atoms with Gasteiger partial charge in [0.2, 0.25) is 0 Å². The first-order valence-electron chi connectivity index (χ1n) is 9.27. The normalized spacial score (nSPS) is 19.4. The molecule has 0 amide bonds. The van der Waals surface area contributed by atoms with E-state index in [-0.39, 0.29) is 28.7 Å². The van der Waals surface area contributed by atoms with Crippen molar-refractivity contribution in [3.05, 3.63) is 51.4 Å². The van der Waals surface area contributed by atoms with E-state index in [9.17, 15) is 4.79 Å². The average Bonchev–Trinajstić information content (AvgIpc) is 3.08. The zero-order chi connectivity index (χ0) is 19.0. The second-order valence-electron chi connectivity index (χ2n) is 7.94. The molecule has 142 valence electrons. The van der Waals surface area contributed by atoms with Gasteiger partial charge in [0.15, 0.2) is 5.82 Å². The minimum Gasteiger partial charge on any atom is -0.372 e. The number of fused-ring (bicyclic) bond motifs is 1. The molecule has 2 aromatic heterocycles. The van der Waals surface area contributed by atoms with Crippen LogP contribution >= 0.6 is 11.6 Å². The summed E-state index contributed by atoms with van der Waals surface area (Å²) < 4.78 is 7.32. The lowest BCUT2D eigenvalue weighted by atomic mass is 9.76. The Morgan fingerprint density at radius 1 is 1.30 bits per heavy atom. The van der Waals surface area contributed by atoms with Crippen molar-refractivity contribution in [2.75, 3.05) is 0 Å². The molecular formula is C20H23ClN4O2. The van der Waals surface area contributed by atoms with E-state index in [1.807, 2.05) is 30.3 Å². The van der Waals surface area contributed by atoms with Gasteiger partial charge in [0.25, 0.3) is 11.3 Å². The summed E-state index contributed by atoms with van der Waals surface area (Å²) in [4.78, 5) is 21.5. The Bertz CT molecular complexity index is 1010. The number of hydrogen-bond acceptors (Lipinski definition) is 4. The van der Waals surface area contributed by atoms with Crippen LogP contribution in [-0.4, -0.2) is 25.7 Å². The van der Waals surface area contributed by atoms with Gasteiger partial charge in [0.05, 0.1) is 18.4 Å². The molecule has 27 heavy (non-hydrogen) atoms. The number of nitrogens with one attached hydrogen (secondary N) is 1. The molecule has 0 spiro atoms. The van der Waals surface area contributed by atoms with Crippen LogP contribution in [-0.2, 0) is 11.3 Å². The van der Waals surface area contributed by atoms with Gasteiger partial charge in [-0.25, -0.2) is 4.98 Å². The third-order valence-corrected chi connectivity index (χ3v) is 5.55. The van der Waals surface area contributed by atoms with Crippen LogP contribution in [0.25, 0.3) is 17.2 Å². The van der Waals surface area contributed by atoms with Gasteiger partial charge in [-0.3, -0.25) is 9.89 Å². The van der Waals surface area contributed by atoms with E-state index in [1.54, 1.807) is 0 Å². The van der Waals surface area contributed by atoms with Crippen LogP contribution in [0.5, 0.6) is 0 Å². The number of ether oxygens (including phenoxy) is 1. The standard InChI is InChI=1S/C20H23ClN4O2/c1-20(2)10-6-9-14(11-20)27-12-15-16(21)18(26)25-19(22-15)23-17(24-25)13-7-4-3-5-8-13/h3-5,7-8,14H,6,9-12H2,1-2H3,(H,22,23,24). The number of halogens is 1. The van der Waals surface area contributed by atoms with E-state index in [1.165, 1.54) is 10.9 Å². The summed E-state index contributed by atoms with van der Waals surface area (Å²) in [5, 5.41) is 3.04. The monoisotopic (exact) mass is 386 g/mol. The minimum absolute atomic E-state index is 0.0748. The van der Waals surface area contributed by atoms with E-state index >= 15 is 0 Å². The fourth-order valence-electron chi connectivity index (χ4n) is 3.73. The maximum absolute atomic E-state index is 12.6. The Morgan fingerprint density at radius 3 is 2.81 bits per heavy atom. The van der Waals surface area contributed by atoms with Crippen LogP contribution in [0, 0.1) is 5.41 Å². The van der Waals surface area contributed by atoms with Crippen LogP contribution < -0.4 is 5.56 Å². The Labute approximate surface area is 162 Å². The van der Waals surface area contributed by atoms with Gasteiger partial charge in [-0.1, -0.05) is 62.2 Å². The molecule has 1 unspecified atom stereocenters. The van der Waals surface area contributed by atoms with Crippen molar-refractivity contribution in [2.45, 2.75) is 52.2 Å². The second-order valence-corrected chi connectivity index (χ2v) is 8.32. The predicted molar refractivity (Wildman–Crippen MR) is 105 cm³/mol. The highest BCUT2D eigenvalue weighted by atomic mass is 35.5. The Kier molecular flexibility index (Phi) is 4.78. The second kappa shape index (κ2) is 7.09. The first-order chi connectivity index (χ1) is 12.9. The maximum atomic E-state index is 12.6. The number of aromatic amines is 1. The number of benzene rings is 1. The Balaban J connectivity index is 1.60. The van der Waals surface area contributed by atoms with Crippen LogP contribution in [0.15, 0.2) is 35.1 Å². The number of aromatic nitrogens is 4. The molecule has 0 bridgehead atoms. The molecule has 4 rings (SSSR count). The lowest BCUT2D eigenvalue weighted by Crippen LogP contribution is -2.28. The number of nitrogens with zero attached hydrogens (tertiary/aromatic N) is 3.